The van der Waals surface area contributed by atoms with Crippen LogP contribution < -0.4 is 4.90 Å². The third kappa shape index (κ3) is 1.17. The first kappa shape index (κ1) is 11.7. The van der Waals surface area contributed by atoms with Gasteiger partial charge in [-0.3, -0.25) is 9.69 Å². The molecule has 2 aromatic rings. The summed E-state index contributed by atoms with van der Waals surface area (Å²) in [6.45, 7) is 4.49. The number of carbonyl (C=O) groups is 1. The fraction of sp³-hybridized carbons (Fsp3) is 0.278. The summed E-state index contributed by atoms with van der Waals surface area (Å²) >= 11 is 0. The molecule has 1 aliphatic carbocycles. The molecule has 0 bridgehead atoms. The Hall–Kier alpha value is -2.09. The quantitative estimate of drug-likeness (QED) is 0.765. The number of hydrogen-bond acceptors (Lipinski definition) is 1. The zero-order valence-electron chi connectivity index (χ0n) is 11.7. The monoisotopic (exact) mass is 263 g/mol. The van der Waals surface area contributed by atoms with Crippen LogP contribution in [0.4, 0.5) is 5.69 Å². The van der Waals surface area contributed by atoms with E-state index in [1.165, 1.54) is 5.56 Å². The minimum absolute atomic E-state index is 0.130. The van der Waals surface area contributed by atoms with E-state index in [9.17, 15) is 4.79 Å². The average Bonchev–Trinajstić information content (AvgIpc) is 2.91. The van der Waals surface area contributed by atoms with Crippen molar-refractivity contribution >= 4 is 11.6 Å². The van der Waals surface area contributed by atoms with Crippen LogP contribution in [0, 0.1) is 11.8 Å². The standard InChI is InChI=1S/C18H17NO/c1-12-13(2)18(12)16-11-7-6-10-15(16)17(20)19(18)14-8-4-3-5-9-14/h3-13H,1-2H3. The number of hydrogen-bond donors (Lipinski definition) is 0. The Bertz CT molecular complexity index is 684. The molecule has 1 aliphatic heterocycles. The fourth-order valence-electron chi connectivity index (χ4n) is 3.99. The van der Waals surface area contributed by atoms with Gasteiger partial charge in [0, 0.05) is 11.3 Å². The molecule has 2 nitrogen and oxygen atoms in total. The van der Waals surface area contributed by atoms with Gasteiger partial charge >= 0.3 is 0 Å². The number of rotatable bonds is 1. The van der Waals surface area contributed by atoms with E-state index in [1.54, 1.807) is 0 Å². The highest BCUT2D eigenvalue weighted by Crippen LogP contribution is 2.66. The lowest BCUT2D eigenvalue weighted by Crippen LogP contribution is -2.35. The molecule has 0 N–H and O–H groups in total. The molecule has 20 heavy (non-hydrogen) atoms. The second-order valence-electron chi connectivity index (χ2n) is 5.92. The van der Waals surface area contributed by atoms with Crippen LogP contribution >= 0.6 is 0 Å². The Labute approximate surface area is 119 Å². The highest BCUT2D eigenvalue weighted by molar-refractivity contribution is 6.13. The van der Waals surface area contributed by atoms with Crippen molar-refractivity contribution in [2.45, 2.75) is 19.4 Å². The molecule has 100 valence electrons. The SMILES string of the molecule is CC1C(C)C12c1ccccc1C(=O)N2c1ccccc1. The van der Waals surface area contributed by atoms with Gasteiger partial charge in [-0.05, 0) is 35.6 Å². The summed E-state index contributed by atoms with van der Waals surface area (Å²) in [5.41, 5.74) is 2.95. The van der Waals surface area contributed by atoms with Crippen molar-refractivity contribution in [3.63, 3.8) is 0 Å². The van der Waals surface area contributed by atoms with Gasteiger partial charge < -0.3 is 0 Å². The first-order chi connectivity index (χ1) is 9.69. The van der Waals surface area contributed by atoms with Gasteiger partial charge in [0.1, 0.15) is 0 Å². The fourth-order valence-corrected chi connectivity index (χ4v) is 3.99. The van der Waals surface area contributed by atoms with Crippen LogP contribution in [0.5, 0.6) is 0 Å². The van der Waals surface area contributed by atoms with Gasteiger partial charge in [-0.2, -0.15) is 0 Å². The first-order valence-corrected chi connectivity index (χ1v) is 7.18. The molecule has 2 aromatic carbocycles. The summed E-state index contributed by atoms with van der Waals surface area (Å²) in [7, 11) is 0. The van der Waals surface area contributed by atoms with Crippen molar-refractivity contribution < 1.29 is 4.79 Å². The Morgan fingerprint density at radius 2 is 1.50 bits per heavy atom. The molecular weight excluding hydrogens is 246 g/mol. The Morgan fingerprint density at radius 3 is 2.15 bits per heavy atom. The minimum Gasteiger partial charge on any atom is -0.298 e. The largest absolute Gasteiger partial charge is 0.298 e. The Kier molecular flexibility index (Phi) is 2.18. The molecule has 4 rings (SSSR count). The normalized spacial score (nSPS) is 30.7. The zero-order chi connectivity index (χ0) is 13.9. The molecule has 0 radical (unpaired) electrons. The first-order valence-electron chi connectivity index (χ1n) is 7.18. The van der Waals surface area contributed by atoms with E-state index in [-0.39, 0.29) is 11.4 Å². The molecule has 1 amide bonds. The lowest BCUT2D eigenvalue weighted by atomic mass is 10.00. The molecule has 1 heterocycles. The van der Waals surface area contributed by atoms with Gasteiger partial charge in [0.2, 0.25) is 0 Å². The number of benzene rings is 2. The van der Waals surface area contributed by atoms with Crippen molar-refractivity contribution in [2.24, 2.45) is 11.8 Å². The molecular formula is C18H17NO. The molecule has 1 saturated carbocycles. The molecule has 0 aromatic heterocycles. The van der Waals surface area contributed by atoms with E-state index in [0.717, 1.165) is 11.3 Å². The summed E-state index contributed by atoms with van der Waals surface area (Å²) in [6.07, 6.45) is 0. The summed E-state index contributed by atoms with van der Waals surface area (Å²) in [6, 6.07) is 18.1. The number of carbonyl (C=O) groups excluding carboxylic acids is 1. The molecule has 0 saturated heterocycles. The van der Waals surface area contributed by atoms with Crippen molar-refractivity contribution in [3.05, 3.63) is 65.7 Å². The molecule has 2 atom stereocenters. The topological polar surface area (TPSA) is 20.3 Å². The number of fused-ring (bicyclic) bond motifs is 2. The molecule has 1 fully saturated rings. The van der Waals surface area contributed by atoms with Gasteiger partial charge in [0.25, 0.3) is 5.91 Å². The maximum Gasteiger partial charge on any atom is 0.259 e. The van der Waals surface area contributed by atoms with Crippen LogP contribution in [-0.2, 0) is 5.54 Å². The lowest BCUT2D eigenvalue weighted by Gasteiger charge is -2.27. The maximum atomic E-state index is 12.9. The van der Waals surface area contributed by atoms with E-state index >= 15 is 0 Å². The van der Waals surface area contributed by atoms with Crippen molar-refractivity contribution in [1.82, 2.24) is 0 Å². The predicted molar refractivity (Wildman–Crippen MR) is 79.7 cm³/mol. The van der Waals surface area contributed by atoms with Crippen molar-refractivity contribution in [3.8, 4) is 0 Å². The van der Waals surface area contributed by atoms with E-state index < -0.39 is 0 Å². The lowest BCUT2D eigenvalue weighted by molar-refractivity contribution is 0.0986. The third-order valence-electron chi connectivity index (χ3n) is 5.21. The smallest absolute Gasteiger partial charge is 0.259 e. The van der Waals surface area contributed by atoms with Gasteiger partial charge in [-0.15, -0.1) is 0 Å². The highest BCUT2D eigenvalue weighted by Gasteiger charge is 2.69. The van der Waals surface area contributed by atoms with Crippen LogP contribution in [0.1, 0.15) is 29.8 Å². The van der Waals surface area contributed by atoms with E-state index in [4.69, 9.17) is 0 Å². The summed E-state index contributed by atoms with van der Waals surface area (Å²) in [4.78, 5) is 14.9. The second kappa shape index (κ2) is 3.72. The van der Waals surface area contributed by atoms with Gasteiger partial charge in [0.05, 0.1) is 5.54 Å². The van der Waals surface area contributed by atoms with Crippen molar-refractivity contribution in [2.75, 3.05) is 4.90 Å². The number of para-hydroxylation sites is 1. The summed E-state index contributed by atoms with van der Waals surface area (Å²) < 4.78 is 0. The maximum absolute atomic E-state index is 12.9. The van der Waals surface area contributed by atoms with E-state index in [2.05, 4.69) is 19.9 Å². The Balaban J connectivity index is 1.96. The van der Waals surface area contributed by atoms with Crippen LogP contribution in [0.25, 0.3) is 0 Å². The van der Waals surface area contributed by atoms with Gasteiger partial charge in [0.15, 0.2) is 0 Å². The van der Waals surface area contributed by atoms with Crippen LogP contribution in [0.3, 0.4) is 0 Å². The number of anilines is 1. The molecule has 2 heteroatoms. The number of amides is 1. The minimum atomic E-state index is -0.130. The summed E-state index contributed by atoms with van der Waals surface area (Å²) in [5.74, 6) is 1.13. The third-order valence-corrected chi connectivity index (χ3v) is 5.21. The summed E-state index contributed by atoms with van der Waals surface area (Å²) in [5, 5.41) is 0. The van der Waals surface area contributed by atoms with Crippen LogP contribution in [0.15, 0.2) is 54.6 Å². The van der Waals surface area contributed by atoms with Crippen LogP contribution in [-0.4, -0.2) is 5.91 Å². The second-order valence-corrected chi connectivity index (χ2v) is 5.92. The zero-order valence-corrected chi connectivity index (χ0v) is 11.7. The van der Waals surface area contributed by atoms with Gasteiger partial charge in [-0.1, -0.05) is 50.2 Å². The molecule has 1 spiro atoms. The Morgan fingerprint density at radius 1 is 0.900 bits per heavy atom. The molecule has 2 aliphatic rings. The highest BCUT2D eigenvalue weighted by atomic mass is 16.2. The average molecular weight is 263 g/mol. The van der Waals surface area contributed by atoms with E-state index in [0.29, 0.717) is 11.8 Å². The molecule has 2 unspecified atom stereocenters. The predicted octanol–water partition coefficient (Wildman–Crippen LogP) is 3.83. The number of nitrogens with zero attached hydrogens (tertiary/aromatic N) is 1. The van der Waals surface area contributed by atoms with E-state index in [1.807, 2.05) is 53.4 Å². The van der Waals surface area contributed by atoms with Crippen LogP contribution in [0.2, 0.25) is 0 Å². The van der Waals surface area contributed by atoms with Crippen molar-refractivity contribution in [1.29, 1.82) is 0 Å². The van der Waals surface area contributed by atoms with Gasteiger partial charge in [-0.25, -0.2) is 0 Å².